The Morgan fingerprint density at radius 2 is 2.13 bits per heavy atom. The summed E-state index contributed by atoms with van der Waals surface area (Å²) in [6.45, 7) is 6.90. The van der Waals surface area contributed by atoms with Crippen LogP contribution < -0.4 is 0 Å². The van der Waals surface area contributed by atoms with Gasteiger partial charge in [0.05, 0.1) is 29.0 Å². The van der Waals surface area contributed by atoms with E-state index in [0.717, 1.165) is 35.8 Å². The van der Waals surface area contributed by atoms with E-state index in [-0.39, 0.29) is 17.0 Å². The van der Waals surface area contributed by atoms with Crippen molar-refractivity contribution in [3.05, 3.63) is 27.5 Å². The zero-order valence-electron chi connectivity index (χ0n) is 13.6. The number of nitrogens with zero attached hydrogens (tertiary/aromatic N) is 3. The Labute approximate surface area is 140 Å². The molecule has 1 unspecified atom stereocenters. The average Bonchev–Trinajstić information content (AvgIpc) is 3.18. The van der Waals surface area contributed by atoms with Crippen molar-refractivity contribution in [1.82, 2.24) is 14.5 Å². The van der Waals surface area contributed by atoms with Gasteiger partial charge in [0.15, 0.2) is 0 Å². The first-order valence-corrected chi connectivity index (χ1v) is 10.2. The second kappa shape index (κ2) is 6.33. The van der Waals surface area contributed by atoms with Crippen LogP contribution in [-0.4, -0.2) is 35.7 Å². The summed E-state index contributed by atoms with van der Waals surface area (Å²) in [6, 6.07) is 0. The third kappa shape index (κ3) is 3.49. The third-order valence-corrected chi connectivity index (χ3v) is 6.48. The van der Waals surface area contributed by atoms with Crippen molar-refractivity contribution in [2.75, 3.05) is 6.61 Å². The van der Waals surface area contributed by atoms with Crippen molar-refractivity contribution in [2.45, 2.75) is 57.2 Å². The number of hydrogen-bond donors (Lipinski definition) is 0. The molecule has 3 heterocycles. The topological polar surface area (TPSA) is 74.1 Å². The molecule has 2 aromatic heterocycles. The molecule has 0 radical (unpaired) electrons. The molecular weight excluding hydrogens is 334 g/mol. The maximum atomic E-state index is 12.8. The van der Waals surface area contributed by atoms with Crippen LogP contribution in [0, 0.1) is 20.8 Å². The number of hydrogen-bond acceptors (Lipinski definition) is 6. The van der Waals surface area contributed by atoms with Gasteiger partial charge in [-0.15, -0.1) is 11.3 Å². The normalized spacial score (nSPS) is 18.7. The van der Waals surface area contributed by atoms with Crippen LogP contribution in [0.3, 0.4) is 0 Å². The Morgan fingerprint density at radius 3 is 2.74 bits per heavy atom. The maximum absolute atomic E-state index is 12.8. The second-order valence-electron chi connectivity index (χ2n) is 5.93. The van der Waals surface area contributed by atoms with Crippen LogP contribution in [0.4, 0.5) is 0 Å². The number of imidazole rings is 1. The van der Waals surface area contributed by atoms with Gasteiger partial charge in [0, 0.05) is 17.7 Å². The van der Waals surface area contributed by atoms with Crippen molar-refractivity contribution in [3.63, 3.8) is 0 Å². The summed E-state index contributed by atoms with van der Waals surface area (Å²) >= 11 is 1.46. The summed E-state index contributed by atoms with van der Waals surface area (Å²) in [5.41, 5.74) is 2.21. The maximum Gasteiger partial charge on any atom is 0.228 e. The third-order valence-electron chi connectivity index (χ3n) is 4.12. The molecule has 1 fully saturated rings. The Hall–Kier alpha value is -1.25. The van der Waals surface area contributed by atoms with Gasteiger partial charge in [-0.3, -0.25) is 0 Å². The zero-order valence-corrected chi connectivity index (χ0v) is 15.2. The quantitative estimate of drug-likeness (QED) is 0.823. The lowest BCUT2D eigenvalue weighted by molar-refractivity contribution is 0.0943. The summed E-state index contributed by atoms with van der Waals surface area (Å²) in [6.07, 6.45) is 2.05. The molecule has 0 saturated carbocycles. The molecular formula is C15H21N3O3S2. The molecule has 2 aromatic rings. The first-order valence-electron chi connectivity index (χ1n) is 7.66. The van der Waals surface area contributed by atoms with Gasteiger partial charge in [0.2, 0.25) is 15.0 Å². The fourth-order valence-electron chi connectivity index (χ4n) is 2.80. The molecule has 0 bridgehead atoms. The number of ether oxygens (including phenoxy) is 1. The van der Waals surface area contributed by atoms with Crippen molar-refractivity contribution in [3.8, 4) is 0 Å². The van der Waals surface area contributed by atoms with Crippen molar-refractivity contribution in [1.29, 1.82) is 0 Å². The predicted molar refractivity (Wildman–Crippen MR) is 88.4 cm³/mol. The minimum atomic E-state index is -3.53. The lowest BCUT2D eigenvalue weighted by atomic mass is 10.2. The average molecular weight is 355 g/mol. The number of thiazole rings is 1. The van der Waals surface area contributed by atoms with Crippen LogP contribution in [0.25, 0.3) is 0 Å². The van der Waals surface area contributed by atoms with Crippen molar-refractivity contribution >= 4 is 21.2 Å². The number of sulfone groups is 1. The van der Waals surface area contributed by atoms with Gasteiger partial charge in [-0.25, -0.2) is 18.4 Å². The van der Waals surface area contributed by atoms with Gasteiger partial charge in [0.25, 0.3) is 0 Å². The Bertz CT molecular complexity index is 802. The van der Waals surface area contributed by atoms with Gasteiger partial charge >= 0.3 is 0 Å². The largest absolute Gasteiger partial charge is 0.376 e. The van der Waals surface area contributed by atoms with Gasteiger partial charge in [0.1, 0.15) is 5.75 Å². The van der Waals surface area contributed by atoms with Gasteiger partial charge in [-0.2, -0.15) is 0 Å². The molecule has 23 heavy (non-hydrogen) atoms. The molecule has 1 aliphatic rings. The highest BCUT2D eigenvalue weighted by Crippen LogP contribution is 2.23. The van der Waals surface area contributed by atoms with E-state index in [0.29, 0.717) is 12.2 Å². The highest BCUT2D eigenvalue weighted by atomic mass is 32.2. The number of rotatable bonds is 5. The fourth-order valence-corrected chi connectivity index (χ4v) is 5.01. The van der Waals surface area contributed by atoms with Gasteiger partial charge < -0.3 is 9.30 Å². The molecule has 1 atom stereocenters. The summed E-state index contributed by atoms with van der Waals surface area (Å²) in [4.78, 5) is 8.58. The van der Waals surface area contributed by atoms with Crippen LogP contribution in [0.15, 0.2) is 10.5 Å². The van der Waals surface area contributed by atoms with Crippen LogP contribution >= 0.6 is 11.3 Å². The van der Waals surface area contributed by atoms with Crippen LogP contribution in [0.5, 0.6) is 0 Å². The highest BCUT2D eigenvalue weighted by molar-refractivity contribution is 7.90. The van der Waals surface area contributed by atoms with Crippen LogP contribution in [-0.2, 0) is 26.9 Å². The molecule has 0 amide bonds. The minimum absolute atomic E-state index is 0.0674. The van der Waals surface area contributed by atoms with Crippen LogP contribution in [0.1, 0.15) is 34.9 Å². The molecule has 0 aromatic carbocycles. The second-order valence-corrected chi connectivity index (χ2v) is 8.87. The van der Waals surface area contributed by atoms with E-state index in [4.69, 9.17) is 4.74 Å². The number of aromatic nitrogens is 3. The molecule has 8 heteroatoms. The summed E-state index contributed by atoms with van der Waals surface area (Å²) in [7, 11) is -3.53. The van der Waals surface area contributed by atoms with E-state index in [9.17, 15) is 8.42 Å². The molecule has 0 N–H and O–H groups in total. The molecule has 1 saturated heterocycles. The summed E-state index contributed by atoms with van der Waals surface area (Å²) in [5, 5.41) is 2.79. The predicted octanol–water partition coefficient (Wildman–Crippen LogP) is 2.42. The zero-order chi connectivity index (χ0) is 16.6. The highest BCUT2D eigenvalue weighted by Gasteiger charge is 2.28. The van der Waals surface area contributed by atoms with Crippen molar-refractivity contribution in [2.24, 2.45) is 0 Å². The molecule has 3 rings (SSSR count). The smallest absolute Gasteiger partial charge is 0.228 e. The van der Waals surface area contributed by atoms with E-state index >= 15 is 0 Å². The molecule has 6 nitrogen and oxygen atoms in total. The van der Waals surface area contributed by atoms with Crippen molar-refractivity contribution < 1.29 is 13.2 Å². The Morgan fingerprint density at radius 1 is 1.35 bits per heavy atom. The summed E-state index contributed by atoms with van der Waals surface area (Å²) < 4.78 is 33.1. The summed E-state index contributed by atoms with van der Waals surface area (Å²) in [5.74, 6) is -0.112. The molecule has 1 aliphatic heterocycles. The number of aryl methyl sites for hydroxylation is 2. The molecule has 0 aliphatic carbocycles. The first-order chi connectivity index (χ1) is 10.9. The van der Waals surface area contributed by atoms with E-state index < -0.39 is 9.84 Å². The standard InChI is InChI=1S/C15H21N3O3S2/c1-10-11(2)18(7-14-5-4-6-21-14)15(16-10)23(19,20)9-13-8-22-12(3)17-13/h8,14H,4-7,9H2,1-3H3. The van der Waals surface area contributed by atoms with E-state index in [2.05, 4.69) is 9.97 Å². The van der Waals surface area contributed by atoms with Gasteiger partial charge in [-0.1, -0.05) is 0 Å². The first kappa shape index (κ1) is 16.6. The SMILES string of the molecule is Cc1nc(CS(=O)(=O)c2nc(C)c(C)n2CC2CCCO2)cs1. The van der Waals surface area contributed by atoms with Crippen LogP contribution in [0.2, 0.25) is 0 Å². The lowest BCUT2D eigenvalue weighted by Crippen LogP contribution is -2.21. The lowest BCUT2D eigenvalue weighted by Gasteiger charge is -2.14. The Kier molecular flexibility index (Phi) is 4.57. The molecule has 126 valence electrons. The fraction of sp³-hybridized carbons (Fsp3) is 0.600. The monoisotopic (exact) mass is 355 g/mol. The molecule has 0 spiro atoms. The minimum Gasteiger partial charge on any atom is -0.376 e. The van der Waals surface area contributed by atoms with E-state index in [1.54, 1.807) is 9.95 Å². The van der Waals surface area contributed by atoms with Gasteiger partial charge in [-0.05, 0) is 33.6 Å². The van der Waals surface area contributed by atoms with E-state index in [1.165, 1.54) is 11.3 Å². The Balaban J connectivity index is 1.92. The van der Waals surface area contributed by atoms with E-state index in [1.807, 2.05) is 20.8 Å².